The summed E-state index contributed by atoms with van der Waals surface area (Å²) in [5.74, 6) is 2.62. The molecule has 2 aromatic carbocycles. The third-order valence-corrected chi connectivity index (χ3v) is 7.26. The maximum absolute atomic E-state index is 13.1. The summed E-state index contributed by atoms with van der Waals surface area (Å²) in [7, 11) is -3.78. The van der Waals surface area contributed by atoms with Crippen LogP contribution in [0.25, 0.3) is 0 Å². The van der Waals surface area contributed by atoms with Crippen molar-refractivity contribution < 1.29 is 23.2 Å². The van der Waals surface area contributed by atoms with E-state index >= 15 is 0 Å². The molecular formula is C22H25ClN2O5S. The van der Waals surface area contributed by atoms with Crippen LogP contribution in [0.1, 0.15) is 12.8 Å². The van der Waals surface area contributed by atoms with Gasteiger partial charge in [0, 0.05) is 13.1 Å². The second-order valence-corrected chi connectivity index (χ2v) is 9.34. The zero-order chi connectivity index (χ0) is 21.6. The highest BCUT2D eigenvalue weighted by molar-refractivity contribution is 7.91. The molecule has 1 aliphatic rings. The summed E-state index contributed by atoms with van der Waals surface area (Å²) in [5.41, 5.74) is 0.440. The van der Waals surface area contributed by atoms with Gasteiger partial charge in [0.1, 0.15) is 11.5 Å². The first-order valence-corrected chi connectivity index (χ1v) is 11.2. The van der Waals surface area contributed by atoms with Crippen molar-refractivity contribution in [3.8, 4) is 23.8 Å². The van der Waals surface area contributed by atoms with E-state index in [1.54, 1.807) is 29.7 Å². The molecule has 0 unspecified atom stereocenters. The van der Waals surface area contributed by atoms with E-state index < -0.39 is 26.9 Å². The number of piperidine rings is 1. The molecule has 1 saturated heterocycles. The zero-order valence-electron chi connectivity index (χ0n) is 16.9. The van der Waals surface area contributed by atoms with Crippen molar-refractivity contribution in [2.24, 2.45) is 5.41 Å². The zero-order valence-corrected chi connectivity index (χ0v) is 18.5. The van der Waals surface area contributed by atoms with Crippen LogP contribution in [0, 0.1) is 17.8 Å². The molecule has 0 saturated carbocycles. The monoisotopic (exact) mass is 464 g/mol. The molecule has 1 aliphatic heterocycles. The molecule has 31 heavy (non-hydrogen) atoms. The summed E-state index contributed by atoms with van der Waals surface area (Å²) in [6.07, 6.45) is 5.91. The number of para-hydroxylation sites is 1. The highest BCUT2D eigenvalue weighted by Gasteiger charge is 2.45. The predicted octanol–water partition coefficient (Wildman–Crippen LogP) is 2.90. The Labute approximate surface area is 188 Å². The van der Waals surface area contributed by atoms with Gasteiger partial charge in [-0.1, -0.05) is 24.1 Å². The van der Waals surface area contributed by atoms with Crippen molar-refractivity contribution in [1.29, 1.82) is 0 Å². The van der Waals surface area contributed by atoms with Crippen LogP contribution in [-0.2, 0) is 14.6 Å². The Hall–Kier alpha value is -2.57. The summed E-state index contributed by atoms with van der Waals surface area (Å²) < 4.78 is 31.8. The number of amides is 1. The summed E-state index contributed by atoms with van der Waals surface area (Å²) in [6.45, 7) is 1.40. The average molecular weight is 465 g/mol. The molecule has 0 aromatic heterocycles. The number of halogens is 1. The van der Waals surface area contributed by atoms with Gasteiger partial charge in [0.15, 0.2) is 9.84 Å². The molecule has 0 atom stereocenters. The fraction of sp³-hybridized carbons (Fsp3) is 0.318. The highest BCUT2D eigenvalue weighted by Crippen LogP contribution is 2.35. The number of likely N-dealkylation sites (tertiary alicyclic amines) is 1. The number of terminal acetylenes is 1. The number of rotatable bonds is 7. The van der Waals surface area contributed by atoms with Crippen LogP contribution in [0.5, 0.6) is 11.5 Å². The average Bonchev–Trinajstić information content (AvgIpc) is 2.76. The molecule has 2 N–H and O–H groups in total. The number of hydrogen-bond acceptors (Lipinski definition) is 6. The smallest absolute Gasteiger partial charge is 0.250 e. The third kappa shape index (κ3) is 5.99. The number of carbonyl (C=O) groups is 1. The van der Waals surface area contributed by atoms with E-state index in [0.717, 1.165) is 0 Å². The van der Waals surface area contributed by atoms with Gasteiger partial charge in [0.05, 0.1) is 22.6 Å². The van der Waals surface area contributed by atoms with Gasteiger partial charge in [-0.25, -0.2) is 13.9 Å². The van der Waals surface area contributed by atoms with Gasteiger partial charge in [-0.05, 0) is 49.2 Å². The number of benzene rings is 2. The van der Waals surface area contributed by atoms with Crippen molar-refractivity contribution in [2.75, 3.05) is 25.4 Å². The first-order valence-electron chi connectivity index (χ1n) is 9.55. The van der Waals surface area contributed by atoms with Crippen molar-refractivity contribution in [3.63, 3.8) is 0 Å². The Bertz CT molecular complexity index is 1010. The van der Waals surface area contributed by atoms with Gasteiger partial charge >= 0.3 is 0 Å². The molecule has 0 radical (unpaired) electrons. The maximum atomic E-state index is 13.1. The molecule has 1 heterocycles. The van der Waals surface area contributed by atoms with Crippen LogP contribution < -0.4 is 10.2 Å². The van der Waals surface area contributed by atoms with Gasteiger partial charge in [0.2, 0.25) is 0 Å². The molecule has 0 spiro atoms. The molecule has 0 aliphatic carbocycles. The standard InChI is InChI=1S/C22H24N2O5S.ClH/c1-2-14-24-15-12-22(13-16-24,21(25)23-26)17-30(27,28)20-10-8-19(9-11-20)29-18-6-4-3-5-7-18;/h1,3-11,26H,12-17H2,(H,23,25);1H. The minimum absolute atomic E-state index is 0. The Kier molecular flexibility index (Phi) is 8.48. The van der Waals surface area contributed by atoms with E-state index in [-0.39, 0.29) is 30.1 Å². The topological polar surface area (TPSA) is 95.9 Å². The second-order valence-electron chi connectivity index (χ2n) is 7.35. The van der Waals surface area contributed by atoms with Crippen molar-refractivity contribution in [2.45, 2.75) is 17.7 Å². The van der Waals surface area contributed by atoms with Gasteiger partial charge in [-0.2, -0.15) is 0 Å². The van der Waals surface area contributed by atoms with Crippen molar-refractivity contribution in [3.05, 3.63) is 54.6 Å². The van der Waals surface area contributed by atoms with Gasteiger partial charge in [0.25, 0.3) is 5.91 Å². The minimum Gasteiger partial charge on any atom is -0.457 e. The van der Waals surface area contributed by atoms with E-state index in [4.69, 9.17) is 11.2 Å². The molecule has 9 heteroatoms. The number of carbonyl (C=O) groups excluding carboxylic acids is 1. The summed E-state index contributed by atoms with van der Waals surface area (Å²) in [5, 5.41) is 9.21. The molecule has 0 bridgehead atoms. The quantitative estimate of drug-likeness (QED) is 0.371. The largest absolute Gasteiger partial charge is 0.457 e. The lowest BCUT2D eigenvalue weighted by atomic mass is 9.79. The lowest BCUT2D eigenvalue weighted by molar-refractivity contribution is -0.141. The fourth-order valence-corrected chi connectivity index (χ4v) is 5.48. The summed E-state index contributed by atoms with van der Waals surface area (Å²) in [4.78, 5) is 14.5. The Morgan fingerprint density at radius 1 is 1.10 bits per heavy atom. The molecule has 1 fully saturated rings. The van der Waals surface area contributed by atoms with E-state index in [1.807, 2.05) is 23.1 Å². The first kappa shape index (κ1) is 24.7. The van der Waals surface area contributed by atoms with Crippen LogP contribution >= 0.6 is 12.4 Å². The SMILES string of the molecule is C#CCN1CCC(CS(=O)(=O)c2ccc(Oc3ccccc3)cc2)(C(=O)NO)CC1.Cl. The Balaban J connectivity index is 0.00000341. The number of nitrogens with zero attached hydrogens (tertiary/aromatic N) is 1. The van der Waals surface area contributed by atoms with E-state index in [1.165, 1.54) is 12.1 Å². The van der Waals surface area contributed by atoms with Crippen molar-refractivity contribution >= 4 is 28.2 Å². The first-order chi connectivity index (χ1) is 14.4. The lowest BCUT2D eigenvalue weighted by Gasteiger charge is -2.39. The molecule has 2 aromatic rings. The van der Waals surface area contributed by atoms with Gasteiger partial charge in [-0.3, -0.25) is 14.9 Å². The molecule has 166 valence electrons. The van der Waals surface area contributed by atoms with Crippen LogP contribution in [0.3, 0.4) is 0 Å². The number of hydroxylamine groups is 1. The van der Waals surface area contributed by atoms with Gasteiger partial charge < -0.3 is 4.74 Å². The lowest BCUT2D eigenvalue weighted by Crippen LogP contribution is -2.51. The highest BCUT2D eigenvalue weighted by atomic mass is 35.5. The Morgan fingerprint density at radius 3 is 2.23 bits per heavy atom. The Morgan fingerprint density at radius 2 is 1.68 bits per heavy atom. The minimum atomic E-state index is -3.78. The van der Waals surface area contributed by atoms with Crippen LogP contribution in [0.2, 0.25) is 0 Å². The number of sulfone groups is 1. The van der Waals surface area contributed by atoms with Crippen LogP contribution in [0.4, 0.5) is 0 Å². The number of ether oxygens (including phenoxy) is 1. The van der Waals surface area contributed by atoms with E-state index in [0.29, 0.717) is 31.1 Å². The predicted molar refractivity (Wildman–Crippen MR) is 119 cm³/mol. The van der Waals surface area contributed by atoms with Crippen LogP contribution in [0.15, 0.2) is 59.5 Å². The summed E-state index contributed by atoms with van der Waals surface area (Å²) in [6, 6.07) is 15.2. The third-order valence-electron chi connectivity index (χ3n) is 5.34. The van der Waals surface area contributed by atoms with E-state index in [9.17, 15) is 18.4 Å². The fourth-order valence-electron chi connectivity index (χ4n) is 3.61. The summed E-state index contributed by atoms with van der Waals surface area (Å²) >= 11 is 0. The molecule has 7 nitrogen and oxygen atoms in total. The van der Waals surface area contributed by atoms with Gasteiger partial charge in [-0.15, -0.1) is 18.8 Å². The molecule has 1 amide bonds. The van der Waals surface area contributed by atoms with Crippen molar-refractivity contribution in [1.82, 2.24) is 10.4 Å². The van der Waals surface area contributed by atoms with E-state index in [2.05, 4.69) is 5.92 Å². The van der Waals surface area contributed by atoms with Crippen LogP contribution in [-0.4, -0.2) is 49.8 Å². The normalized spacial score (nSPS) is 15.9. The number of nitrogens with one attached hydrogen (secondary N) is 1. The molecule has 3 rings (SSSR count). The molecular weight excluding hydrogens is 440 g/mol. The second kappa shape index (κ2) is 10.6. The maximum Gasteiger partial charge on any atom is 0.250 e. The number of hydrogen-bond donors (Lipinski definition) is 2.